The highest BCUT2D eigenvalue weighted by Crippen LogP contribution is 2.29. The van der Waals surface area contributed by atoms with Crippen molar-refractivity contribution < 1.29 is 27.9 Å². The van der Waals surface area contributed by atoms with Gasteiger partial charge in [-0.3, -0.25) is 9.69 Å². The second kappa shape index (κ2) is 10.0. The summed E-state index contributed by atoms with van der Waals surface area (Å²) in [7, 11) is 1.45. The van der Waals surface area contributed by atoms with Gasteiger partial charge in [0.15, 0.2) is 5.76 Å². The van der Waals surface area contributed by atoms with E-state index in [-0.39, 0.29) is 17.6 Å². The predicted octanol–water partition coefficient (Wildman–Crippen LogP) is 3.38. The fourth-order valence-electron chi connectivity index (χ4n) is 4.42. The molecular formula is C25H25FN4O5S. The number of furan rings is 1. The number of anilines is 2. The first-order valence-corrected chi connectivity index (χ1v) is 12.0. The van der Waals surface area contributed by atoms with Crippen LogP contribution in [-0.4, -0.2) is 74.6 Å². The van der Waals surface area contributed by atoms with E-state index in [0.717, 1.165) is 5.39 Å². The SMILES string of the molecule is COC(=S)NCC1CN(c2ccc(N3CCN(C(=O)c4cc5ccccc5o4)CC3)c(F)c2)C(=O)O1. The summed E-state index contributed by atoms with van der Waals surface area (Å²) in [5.74, 6) is -0.320. The second-order valence-corrected chi connectivity index (χ2v) is 8.92. The van der Waals surface area contributed by atoms with Crippen molar-refractivity contribution in [2.24, 2.45) is 0 Å². The number of fused-ring (bicyclic) bond motifs is 1. The molecule has 2 saturated heterocycles. The van der Waals surface area contributed by atoms with Crippen LogP contribution >= 0.6 is 12.2 Å². The van der Waals surface area contributed by atoms with Gasteiger partial charge in [-0.25, -0.2) is 9.18 Å². The Morgan fingerprint density at radius 3 is 2.67 bits per heavy atom. The zero-order valence-corrected chi connectivity index (χ0v) is 20.4. The molecule has 0 aliphatic carbocycles. The molecule has 36 heavy (non-hydrogen) atoms. The Morgan fingerprint density at radius 1 is 1.17 bits per heavy atom. The van der Waals surface area contributed by atoms with Crippen LogP contribution in [0.2, 0.25) is 0 Å². The van der Waals surface area contributed by atoms with Gasteiger partial charge >= 0.3 is 6.09 Å². The summed E-state index contributed by atoms with van der Waals surface area (Å²) in [6.45, 7) is 2.38. The fraction of sp³-hybridized carbons (Fsp3) is 0.320. The number of para-hydroxylation sites is 1. The number of carbonyl (C=O) groups is 2. The van der Waals surface area contributed by atoms with E-state index in [4.69, 9.17) is 26.1 Å². The molecular weight excluding hydrogens is 487 g/mol. The fourth-order valence-corrected chi connectivity index (χ4v) is 4.51. The topological polar surface area (TPSA) is 87.5 Å². The number of hydrogen-bond donors (Lipinski definition) is 1. The number of nitrogens with one attached hydrogen (secondary N) is 1. The van der Waals surface area contributed by atoms with Crippen LogP contribution in [-0.2, 0) is 9.47 Å². The van der Waals surface area contributed by atoms with Crippen molar-refractivity contribution in [3.8, 4) is 0 Å². The summed E-state index contributed by atoms with van der Waals surface area (Å²) in [4.78, 5) is 30.2. The summed E-state index contributed by atoms with van der Waals surface area (Å²) in [6, 6.07) is 13.9. The first kappa shape index (κ1) is 23.9. The van der Waals surface area contributed by atoms with Crippen LogP contribution in [0.5, 0.6) is 0 Å². The number of thiocarbonyl (C=S) groups is 1. The Hall–Kier alpha value is -3.86. The zero-order chi connectivity index (χ0) is 25.2. The number of carbonyl (C=O) groups excluding carboxylic acids is 2. The van der Waals surface area contributed by atoms with E-state index in [0.29, 0.717) is 55.4 Å². The number of ether oxygens (including phenoxy) is 2. The van der Waals surface area contributed by atoms with Crippen LogP contribution < -0.4 is 15.1 Å². The molecule has 0 radical (unpaired) electrons. The number of cyclic esters (lactones) is 1. The van der Waals surface area contributed by atoms with Crippen molar-refractivity contribution in [1.29, 1.82) is 0 Å². The Kier molecular flexibility index (Phi) is 6.64. The lowest BCUT2D eigenvalue weighted by Gasteiger charge is -2.36. The van der Waals surface area contributed by atoms with Crippen molar-refractivity contribution in [1.82, 2.24) is 10.2 Å². The molecule has 2 aliphatic heterocycles. The molecule has 2 amide bonds. The van der Waals surface area contributed by atoms with Gasteiger partial charge in [0.05, 0.1) is 31.6 Å². The molecule has 188 valence electrons. The third-order valence-electron chi connectivity index (χ3n) is 6.32. The Bertz CT molecular complexity index is 1270. The number of piperazine rings is 1. The van der Waals surface area contributed by atoms with E-state index in [1.54, 1.807) is 23.1 Å². The minimum Gasteiger partial charge on any atom is -0.474 e. The van der Waals surface area contributed by atoms with Gasteiger partial charge in [0.1, 0.15) is 17.5 Å². The van der Waals surface area contributed by atoms with Gasteiger partial charge in [-0.05, 0) is 42.5 Å². The molecule has 5 rings (SSSR count). The molecule has 0 bridgehead atoms. The van der Waals surface area contributed by atoms with Gasteiger partial charge in [0.25, 0.3) is 11.1 Å². The number of hydrogen-bond acceptors (Lipinski definition) is 7. The Labute approximate surface area is 212 Å². The molecule has 1 N–H and O–H groups in total. The minimum absolute atomic E-state index is 0.176. The molecule has 1 atom stereocenters. The van der Waals surface area contributed by atoms with Crippen molar-refractivity contribution in [2.75, 3.05) is 56.2 Å². The van der Waals surface area contributed by atoms with Crippen LogP contribution in [0.25, 0.3) is 11.0 Å². The lowest BCUT2D eigenvalue weighted by Crippen LogP contribution is -2.49. The molecule has 0 spiro atoms. The monoisotopic (exact) mass is 512 g/mol. The molecule has 1 aromatic heterocycles. The molecule has 2 aliphatic rings. The minimum atomic E-state index is -0.546. The average Bonchev–Trinajstić information content (AvgIpc) is 3.50. The van der Waals surface area contributed by atoms with Crippen LogP contribution in [0.15, 0.2) is 52.9 Å². The normalized spacial score (nSPS) is 17.9. The number of amides is 2. The third kappa shape index (κ3) is 4.78. The lowest BCUT2D eigenvalue weighted by molar-refractivity contribution is 0.0717. The molecule has 3 aromatic rings. The first-order valence-electron chi connectivity index (χ1n) is 11.6. The Morgan fingerprint density at radius 2 is 1.94 bits per heavy atom. The molecule has 1 unspecified atom stereocenters. The van der Waals surface area contributed by atoms with Gasteiger partial charge in [0.2, 0.25) is 0 Å². The van der Waals surface area contributed by atoms with Crippen molar-refractivity contribution in [2.45, 2.75) is 6.10 Å². The van der Waals surface area contributed by atoms with Crippen molar-refractivity contribution >= 4 is 51.7 Å². The van der Waals surface area contributed by atoms with Crippen LogP contribution in [0.4, 0.5) is 20.6 Å². The summed E-state index contributed by atoms with van der Waals surface area (Å²) >= 11 is 4.93. The quantitative estimate of drug-likeness (QED) is 0.521. The molecule has 0 saturated carbocycles. The molecule has 11 heteroatoms. The Balaban J connectivity index is 1.20. The summed E-state index contributed by atoms with van der Waals surface area (Å²) in [6.07, 6.45) is -0.985. The van der Waals surface area contributed by atoms with Gasteiger partial charge in [-0.2, -0.15) is 0 Å². The van der Waals surface area contributed by atoms with Gasteiger partial charge in [-0.1, -0.05) is 18.2 Å². The zero-order valence-electron chi connectivity index (χ0n) is 19.6. The highest BCUT2D eigenvalue weighted by molar-refractivity contribution is 7.80. The van der Waals surface area contributed by atoms with Gasteiger partial charge in [0, 0.05) is 31.6 Å². The largest absolute Gasteiger partial charge is 0.474 e. The molecule has 3 heterocycles. The third-order valence-corrected chi connectivity index (χ3v) is 6.63. The number of methoxy groups -OCH3 is 1. The van der Waals surface area contributed by atoms with Crippen molar-refractivity contribution in [3.63, 3.8) is 0 Å². The summed E-state index contributed by atoms with van der Waals surface area (Å²) in [5, 5.41) is 3.94. The smallest absolute Gasteiger partial charge is 0.414 e. The van der Waals surface area contributed by atoms with E-state index >= 15 is 4.39 Å². The second-order valence-electron chi connectivity index (χ2n) is 8.55. The molecule has 9 nitrogen and oxygen atoms in total. The van der Waals surface area contributed by atoms with Gasteiger partial charge < -0.3 is 29.0 Å². The number of benzene rings is 2. The highest BCUT2D eigenvalue weighted by Gasteiger charge is 2.33. The van der Waals surface area contributed by atoms with E-state index in [1.165, 1.54) is 18.1 Å². The average molecular weight is 513 g/mol. The van der Waals surface area contributed by atoms with Crippen LogP contribution in [0.3, 0.4) is 0 Å². The van der Waals surface area contributed by atoms with E-state index in [1.807, 2.05) is 29.2 Å². The highest BCUT2D eigenvalue weighted by atomic mass is 32.1. The van der Waals surface area contributed by atoms with Crippen molar-refractivity contribution in [3.05, 3.63) is 60.1 Å². The maximum atomic E-state index is 15.1. The maximum Gasteiger partial charge on any atom is 0.414 e. The van der Waals surface area contributed by atoms with Crippen LogP contribution in [0.1, 0.15) is 10.6 Å². The maximum absolute atomic E-state index is 15.1. The van der Waals surface area contributed by atoms with Crippen LogP contribution in [0, 0.1) is 5.82 Å². The van der Waals surface area contributed by atoms with E-state index in [9.17, 15) is 9.59 Å². The number of nitrogens with zero attached hydrogens (tertiary/aromatic N) is 3. The van der Waals surface area contributed by atoms with E-state index < -0.39 is 18.0 Å². The summed E-state index contributed by atoms with van der Waals surface area (Å²) < 4.78 is 31.0. The first-order chi connectivity index (χ1) is 17.4. The predicted molar refractivity (Wildman–Crippen MR) is 136 cm³/mol. The summed E-state index contributed by atoms with van der Waals surface area (Å²) in [5.41, 5.74) is 1.51. The standard InChI is InChI=1S/C25H25FN4O5S/c1-33-24(36)27-14-18-15-30(25(32)34-18)17-6-7-20(19(26)13-17)28-8-10-29(11-9-28)23(31)22-12-16-4-2-3-5-21(16)35-22/h2-7,12-13,18H,8-11,14-15H2,1H3,(H,27,36). The molecule has 2 aromatic carbocycles. The lowest BCUT2D eigenvalue weighted by atomic mass is 10.2. The van der Waals surface area contributed by atoms with E-state index in [2.05, 4.69) is 5.32 Å². The molecule has 2 fully saturated rings. The van der Waals surface area contributed by atoms with Gasteiger partial charge in [-0.15, -0.1) is 0 Å². The number of halogens is 1. The number of rotatable bonds is 5.